The number of carbonyl (C=O) groups is 1. The van der Waals surface area contributed by atoms with Crippen molar-refractivity contribution in [1.82, 2.24) is 14.7 Å². The number of amides is 1. The van der Waals surface area contributed by atoms with Crippen LogP contribution in [0.15, 0.2) is 36.4 Å². The topological polar surface area (TPSA) is 47.4 Å². The summed E-state index contributed by atoms with van der Waals surface area (Å²) < 4.78 is 7.34. The molecule has 0 radical (unpaired) electrons. The lowest BCUT2D eigenvalue weighted by molar-refractivity contribution is -0.0373. The smallest absolute Gasteiger partial charge is 0.275 e. The second-order valence-corrected chi connectivity index (χ2v) is 9.40. The molecule has 2 aromatic rings. The minimum Gasteiger partial charge on any atom is -0.377 e. The summed E-state index contributed by atoms with van der Waals surface area (Å²) in [6.07, 6.45) is 2.86. The molecule has 7 heteroatoms. The average Bonchev–Trinajstić information content (AvgIpc) is 3.03. The highest BCUT2D eigenvalue weighted by Crippen LogP contribution is 2.31. The molecule has 3 rings (SSSR count). The number of aromatic nitrogens is 2. The number of rotatable bonds is 5. The second-order valence-electron chi connectivity index (χ2n) is 8.52. The van der Waals surface area contributed by atoms with E-state index in [1.54, 1.807) is 22.9 Å². The van der Waals surface area contributed by atoms with Crippen molar-refractivity contribution in [3.05, 3.63) is 63.4 Å². The molecule has 5 nitrogen and oxygen atoms in total. The maximum atomic E-state index is 13.6. The highest BCUT2D eigenvalue weighted by molar-refractivity contribution is 6.34. The highest BCUT2D eigenvalue weighted by Gasteiger charge is 2.37. The van der Waals surface area contributed by atoms with Crippen molar-refractivity contribution in [2.45, 2.75) is 46.6 Å². The van der Waals surface area contributed by atoms with Crippen LogP contribution in [0, 0.1) is 6.92 Å². The zero-order chi connectivity index (χ0) is 22.9. The van der Waals surface area contributed by atoms with Crippen molar-refractivity contribution in [1.29, 1.82) is 0 Å². The number of halogens is 2. The molecule has 1 saturated heterocycles. The molecule has 0 aliphatic carbocycles. The van der Waals surface area contributed by atoms with Gasteiger partial charge in [-0.15, -0.1) is 0 Å². The van der Waals surface area contributed by atoms with Gasteiger partial charge in [0.1, 0.15) is 0 Å². The molecule has 0 atom stereocenters. The van der Waals surface area contributed by atoms with E-state index in [4.69, 9.17) is 33.0 Å². The van der Waals surface area contributed by atoms with Crippen LogP contribution in [0.4, 0.5) is 0 Å². The molecule has 0 N–H and O–H groups in total. The zero-order valence-corrected chi connectivity index (χ0v) is 20.3. The van der Waals surface area contributed by atoms with Gasteiger partial charge in [0.15, 0.2) is 5.69 Å². The third-order valence-electron chi connectivity index (χ3n) is 5.56. The first-order valence-corrected chi connectivity index (χ1v) is 11.1. The highest BCUT2D eigenvalue weighted by atomic mass is 35.5. The van der Waals surface area contributed by atoms with E-state index < -0.39 is 5.54 Å². The number of hydrogen-bond donors (Lipinski definition) is 0. The summed E-state index contributed by atoms with van der Waals surface area (Å²) >= 11 is 12.5. The molecule has 1 amide bonds. The molecule has 0 spiro atoms. The van der Waals surface area contributed by atoms with Crippen molar-refractivity contribution in [2.24, 2.45) is 0 Å². The number of ether oxygens (including phenoxy) is 1. The molecule has 1 aliphatic heterocycles. The Balaban J connectivity index is 2.19. The third kappa shape index (κ3) is 4.89. The van der Waals surface area contributed by atoms with Gasteiger partial charge >= 0.3 is 0 Å². The summed E-state index contributed by atoms with van der Waals surface area (Å²) in [5.41, 5.74) is 4.31. The van der Waals surface area contributed by atoms with Gasteiger partial charge in [-0.2, -0.15) is 5.10 Å². The van der Waals surface area contributed by atoms with Crippen LogP contribution < -0.4 is 0 Å². The van der Waals surface area contributed by atoms with Crippen LogP contribution in [-0.2, 0) is 4.74 Å². The molecule has 166 valence electrons. The fourth-order valence-electron chi connectivity index (χ4n) is 3.85. The monoisotopic (exact) mass is 461 g/mol. The predicted octanol–water partition coefficient (Wildman–Crippen LogP) is 6.11. The number of allylic oxidation sites excluding steroid dienone is 3. The molecule has 2 heterocycles. The number of benzene rings is 1. The molecule has 0 saturated carbocycles. The lowest BCUT2D eigenvalue weighted by Crippen LogP contribution is -2.55. The standard InChI is InChI=1S/C24H29Cl2N3O2/c1-7-15(2)10-16(3)22-17(4)21(23(30)28-8-9-31-14-24(28,5)6)27-29(22)20-12-18(25)11-19(26)13-20/h10-13H,2,7-9,14H2,1,3-6H3/b16-10+. The largest absolute Gasteiger partial charge is 0.377 e. The van der Waals surface area contributed by atoms with Gasteiger partial charge in [0.25, 0.3) is 5.91 Å². The van der Waals surface area contributed by atoms with Crippen LogP contribution in [0.5, 0.6) is 0 Å². The molecule has 1 fully saturated rings. The third-order valence-corrected chi connectivity index (χ3v) is 5.99. The second kappa shape index (κ2) is 9.19. The van der Waals surface area contributed by atoms with Gasteiger partial charge in [0, 0.05) is 22.2 Å². The summed E-state index contributed by atoms with van der Waals surface area (Å²) in [6.45, 7) is 15.6. The summed E-state index contributed by atoms with van der Waals surface area (Å²) in [7, 11) is 0. The van der Waals surface area contributed by atoms with Gasteiger partial charge in [-0.25, -0.2) is 4.68 Å². The fourth-order valence-corrected chi connectivity index (χ4v) is 4.36. The van der Waals surface area contributed by atoms with Crippen LogP contribution in [0.3, 0.4) is 0 Å². The van der Waals surface area contributed by atoms with Crippen LogP contribution in [0.2, 0.25) is 10.0 Å². The van der Waals surface area contributed by atoms with E-state index in [1.165, 1.54) is 0 Å². The summed E-state index contributed by atoms with van der Waals surface area (Å²) in [4.78, 5) is 15.4. The molecule has 0 unspecified atom stereocenters. The Hall–Kier alpha value is -2.08. The molecule has 1 aromatic carbocycles. The Morgan fingerprint density at radius 1 is 1.29 bits per heavy atom. The fraction of sp³-hybridized carbons (Fsp3) is 0.417. The predicted molar refractivity (Wildman–Crippen MR) is 127 cm³/mol. The van der Waals surface area contributed by atoms with Gasteiger partial charge in [0.05, 0.1) is 30.1 Å². The Morgan fingerprint density at radius 3 is 2.52 bits per heavy atom. The lowest BCUT2D eigenvalue weighted by atomic mass is 10.00. The van der Waals surface area contributed by atoms with Crippen molar-refractivity contribution in [3.8, 4) is 5.69 Å². The minimum absolute atomic E-state index is 0.110. The summed E-state index contributed by atoms with van der Waals surface area (Å²) in [5.74, 6) is -0.110. The number of morpholine rings is 1. The molecule has 1 aliphatic rings. The maximum Gasteiger partial charge on any atom is 0.275 e. The molecular formula is C24H29Cl2N3O2. The van der Waals surface area contributed by atoms with Crippen molar-refractivity contribution < 1.29 is 9.53 Å². The van der Waals surface area contributed by atoms with Crippen molar-refractivity contribution in [3.63, 3.8) is 0 Å². The Bertz CT molecular complexity index is 1030. The van der Waals surface area contributed by atoms with E-state index in [9.17, 15) is 4.79 Å². The first-order valence-electron chi connectivity index (χ1n) is 10.4. The quantitative estimate of drug-likeness (QED) is 0.504. The molecule has 31 heavy (non-hydrogen) atoms. The Kier molecular flexibility index (Phi) is 6.99. The van der Waals surface area contributed by atoms with E-state index in [-0.39, 0.29) is 5.91 Å². The van der Waals surface area contributed by atoms with Gasteiger partial charge in [-0.1, -0.05) is 48.4 Å². The molecular weight excluding hydrogens is 433 g/mol. The van der Waals surface area contributed by atoms with Gasteiger partial charge in [-0.3, -0.25) is 4.79 Å². The zero-order valence-electron chi connectivity index (χ0n) is 18.8. The lowest BCUT2D eigenvalue weighted by Gasteiger charge is -2.41. The SMILES string of the molecule is C=C(/C=C(\C)c1c(C)c(C(=O)N2CCOCC2(C)C)nn1-c1cc(Cl)cc(Cl)c1)CC. The van der Waals surface area contributed by atoms with E-state index in [0.717, 1.165) is 28.8 Å². The van der Waals surface area contributed by atoms with Gasteiger partial charge < -0.3 is 9.64 Å². The number of carbonyl (C=O) groups excluding carboxylic acids is 1. The maximum absolute atomic E-state index is 13.6. The number of nitrogens with zero attached hydrogens (tertiary/aromatic N) is 3. The van der Waals surface area contributed by atoms with Crippen LogP contribution >= 0.6 is 23.2 Å². The molecule has 1 aromatic heterocycles. The summed E-state index contributed by atoms with van der Waals surface area (Å²) in [5, 5.41) is 5.76. The number of hydrogen-bond acceptors (Lipinski definition) is 3. The van der Waals surface area contributed by atoms with Crippen LogP contribution in [-0.4, -0.2) is 45.9 Å². The van der Waals surface area contributed by atoms with E-state index in [2.05, 4.69) is 13.5 Å². The van der Waals surface area contributed by atoms with Gasteiger partial charge in [0.2, 0.25) is 0 Å². The first-order chi connectivity index (χ1) is 14.5. The normalized spacial score (nSPS) is 16.5. The van der Waals surface area contributed by atoms with Crippen LogP contribution in [0.25, 0.3) is 11.3 Å². The Morgan fingerprint density at radius 2 is 1.94 bits per heavy atom. The van der Waals surface area contributed by atoms with Gasteiger partial charge in [-0.05, 0) is 57.9 Å². The molecule has 0 bridgehead atoms. The van der Waals surface area contributed by atoms with E-state index in [1.807, 2.05) is 38.7 Å². The van der Waals surface area contributed by atoms with Crippen molar-refractivity contribution >= 4 is 34.7 Å². The summed E-state index contributed by atoms with van der Waals surface area (Å²) in [6, 6.07) is 5.25. The van der Waals surface area contributed by atoms with Crippen molar-refractivity contribution in [2.75, 3.05) is 19.8 Å². The van der Waals surface area contributed by atoms with Crippen LogP contribution in [0.1, 0.15) is 55.9 Å². The van der Waals surface area contributed by atoms with E-state index >= 15 is 0 Å². The minimum atomic E-state index is -0.410. The first kappa shape index (κ1) is 23.6. The average molecular weight is 462 g/mol. The van der Waals surface area contributed by atoms with E-state index in [0.29, 0.717) is 41.2 Å². The Labute approximate surface area is 194 Å².